The molecule has 4 aromatic rings. The Bertz CT molecular complexity index is 1810. The van der Waals surface area contributed by atoms with Crippen molar-refractivity contribution in [3.63, 3.8) is 0 Å². The maximum atomic E-state index is 14.8. The molecule has 0 saturated heterocycles. The number of fused-ring (bicyclic) bond motifs is 2. The molecular weight excluding hydrogens is 607 g/mol. The number of aromatic nitrogens is 2. The van der Waals surface area contributed by atoms with E-state index in [1.165, 1.54) is 29.5 Å². The highest BCUT2D eigenvalue weighted by Crippen LogP contribution is 2.49. The van der Waals surface area contributed by atoms with E-state index in [9.17, 15) is 36.6 Å². The summed E-state index contributed by atoms with van der Waals surface area (Å²) in [6.07, 6.45) is -3.49. The van der Waals surface area contributed by atoms with E-state index < -0.39 is 52.9 Å². The molecular formula is C30H25F5N4O4S. The van der Waals surface area contributed by atoms with Crippen molar-refractivity contribution in [2.75, 3.05) is 13.2 Å². The number of halogens is 5. The summed E-state index contributed by atoms with van der Waals surface area (Å²) in [5, 5.41) is 14.0. The van der Waals surface area contributed by atoms with Gasteiger partial charge >= 0.3 is 6.18 Å². The Kier molecular flexibility index (Phi) is 7.11. The fourth-order valence-electron chi connectivity index (χ4n) is 5.28. The van der Waals surface area contributed by atoms with Gasteiger partial charge in [0.15, 0.2) is 5.82 Å². The third-order valence-corrected chi connectivity index (χ3v) is 9.36. The lowest BCUT2D eigenvalue weighted by Crippen LogP contribution is -2.52. The van der Waals surface area contributed by atoms with Crippen LogP contribution in [-0.4, -0.2) is 46.2 Å². The number of alkyl halides is 3. The highest BCUT2D eigenvalue weighted by atomic mass is 32.1. The molecule has 1 aliphatic heterocycles. The second kappa shape index (κ2) is 10.5. The molecule has 1 fully saturated rings. The number of benzene rings is 2. The van der Waals surface area contributed by atoms with E-state index in [4.69, 9.17) is 10.5 Å². The summed E-state index contributed by atoms with van der Waals surface area (Å²) >= 11 is 1.21. The number of hydrogen-bond donors (Lipinski definition) is 3. The average Bonchev–Trinajstić information content (AvgIpc) is 3.62. The first-order valence-corrected chi connectivity index (χ1v) is 14.5. The van der Waals surface area contributed by atoms with Gasteiger partial charge in [0.1, 0.15) is 34.8 Å². The number of pyridine rings is 1. The summed E-state index contributed by atoms with van der Waals surface area (Å²) in [5.74, 6) is -3.15. The molecule has 2 aromatic carbocycles. The van der Waals surface area contributed by atoms with Crippen LogP contribution in [0, 0.1) is 11.6 Å². The second-order valence-electron chi connectivity index (χ2n) is 11.0. The van der Waals surface area contributed by atoms with Crippen LogP contribution in [0.1, 0.15) is 58.7 Å². The zero-order chi connectivity index (χ0) is 31.6. The Hall–Kier alpha value is -4.17. The number of aliphatic hydroxyl groups is 1. The monoisotopic (exact) mass is 632 g/mol. The molecule has 3 heterocycles. The minimum Gasteiger partial charge on any atom is -0.489 e. The van der Waals surface area contributed by atoms with Crippen LogP contribution in [0.25, 0.3) is 21.5 Å². The van der Waals surface area contributed by atoms with Crippen LogP contribution < -0.4 is 15.8 Å². The van der Waals surface area contributed by atoms with Gasteiger partial charge in [-0.15, -0.1) is 11.3 Å². The lowest BCUT2D eigenvalue weighted by Gasteiger charge is -2.32. The summed E-state index contributed by atoms with van der Waals surface area (Å²) in [6.45, 7) is -0.0945. The van der Waals surface area contributed by atoms with Crippen molar-refractivity contribution in [2.24, 2.45) is 5.73 Å². The summed E-state index contributed by atoms with van der Waals surface area (Å²) in [4.78, 5) is 34.0. The topological polar surface area (TPSA) is 127 Å². The Morgan fingerprint density at radius 1 is 1.14 bits per heavy atom. The molecule has 14 heteroatoms. The van der Waals surface area contributed by atoms with Crippen molar-refractivity contribution < 1.29 is 41.4 Å². The lowest BCUT2D eigenvalue weighted by atomic mass is 9.78. The van der Waals surface area contributed by atoms with E-state index in [1.54, 1.807) is 6.92 Å². The maximum absolute atomic E-state index is 14.8. The van der Waals surface area contributed by atoms with Crippen LogP contribution in [-0.2, 0) is 15.8 Å². The SMILES string of the molecule is CC[C@]1(C(N)=O)COc2c1cc(C(O)(CNC(=O)c1cc(F)c3nc(C4CC4)sc3c1)C(F)(F)F)nc2-c1ccc(F)cc1. The molecule has 0 bridgehead atoms. The Morgan fingerprint density at radius 3 is 2.45 bits per heavy atom. The molecule has 2 aromatic heterocycles. The van der Waals surface area contributed by atoms with Crippen molar-refractivity contribution >= 4 is 33.4 Å². The number of primary amides is 1. The largest absolute Gasteiger partial charge is 0.489 e. The highest BCUT2D eigenvalue weighted by molar-refractivity contribution is 7.18. The number of thiazole rings is 1. The van der Waals surface area contributed by atoms with Gasteiger partial charge in [0, 0.05) is 22.6 Å². The smallest absolute Gasteiger partial charge is 0.424 e. The van der Waals surface area contributed by atoms with Gasteiger partial charge in [0.25, 0.3) is 5.91 Å². The minimum absolute atomic E-state index is 0.0324. The van der Waals surface area contributed by atoms with E-state index in [0.29, 0.717) is 4.70 Å². The van der Waals surface area contributed by atoms with Gasteiger partial charge in [-0.05, 0) is 61.7 Å². The number of nitrogens with one attached hydrogen (secondary N) is 1. The summed E-state index contributed by atoms with van der Waals surface area (Å²) in [5.41, 5.74) is -0.848. The fourth-order valence-corrected chi connectivity index (χ4v) is 6.47. The molecule has 8 nitrogen and oxygen atoms in total. The van der Waals surface area contributed by atoms with Gasteiger partial charge in [-0.1, -0.05) is 6.92 Å². The van der Waals surface area contributed by atoms with Crippen molar-refractivity contribution in [3.05, 3.63) is 75.9 Å². The van der Waals surface area contributed by atoms with Crippen LogP contribution in [0.2, 0.25) is 0 Å². The molecule has 1 saturated carbocycles. The zero-order valence-electron chi connectivity index (χ0n) is 23.1. The van der Waals surface area contributed by atoms with Crippen LogP contribution in [0.5, 0.6) is 5.75 Å². The third-order valence-electron chi connectivity index (χ3n) is 8.20. The van der Waals surface area contributed by atoms with Crippen LogP contribution >= 0.6 is 11.3 Å². The third kappa shape index (κ3) is 4.85. The maximum Gasteiger partial charge on any atom is 0.424 e. The normalized spacial score (nSPS) is 19.3. The predicted molar refractivity (Wildman–Crippen MR) is 150 cm³/mol. The number of carbonyl (C=O) groups is 2. The van der Waals surface area contributed by atoms with Gasteiger partial charge in [-0.2, -0.15) is 13.2 Å². The van der Waals surface area contributed by atoms with E-state index in [2.05, 4.69) is 15.3 Å². The number of rotatable bonds is 8. The van der Waals surface area contributed by atoms with Crippen LogP contribution in [0.15, 0.2) is 42.5 Å². The molecule has 2 aliphatic rings. The molecule has 44 heavy (non-hydrogen) atoms. The van der Waals surface area contributed by atoms with E-state index in [0.717, 1.165) is 42.1 Å². The van der Waals surface area contributed by atoms with E-state index >= 15 is 0 Å². The highest BCUT2D eigenvalue weighted by Gasteiger charge is 2.58. The number of hydrogen-bond acceptors (Lipinski definition) is 7. The van der Waals surface area contributed by atoms with Gasteiger partial charge in [-0.3, -0.25) is 9.59 Å². The molecule has 230 valence electrons. The standard InChI is InChI=1S/C30H25F5N4O4S/c1-2-28(27(36)41)13-43-24-18(28)11-21(38-22(24)14-5-7-17(31)8-6-14)29(42,30(33,34)35)12-37-25(40)16-9-19(32)23-20(10-16)44-26(39-23)15-3-4-15/h5-11,15,42H,2-4,12-13H2,1H3,(H2,36,41)(H,37,40)/t28-,29?/m0/s1. The zero-order valence-corrected chi connectivity index (χ0v) is 23.9. The first kappa shape index (κ1) is 29.9. The molecule has 0 spiro atoms. The predicted octanol–water partition coefficient (Wildman–Crippen LogP) is 5.22. The van der Waals surface area contributed by atoms with Gasteiger partial charge < -0.3 is 20.9 Å². The van der Waals surface area contributed by atoms with E-state index in [1.807, 2.05) is 0 Å². The second-order valence-corrected chi connectivity index (χ2v) is 12.1. The molecule has 1 aliphatic carbocycles. The van der Waals surface area contributed by atoms with E-state index in [-0.39, 0.29) is 52.6 Å². The van der Waals surface area contributed by atoms with Gasteiger partial charge in [0.2, 0.25) is 11.5 Å². The Labute approximate surface area is 251 Å². The number of nitrogens with zero attached hydrogens (tertiary/aromatic N) is 2. The number of carbonyl (C=O) groups excluding carboxylic acids is 2. The first-order valence-electron chi connectivity index (χ1n) is 13.7. The molecule has 2 amide bonds. The quantitative estimate of drug-likeness (QED) is 0.229. The van der Waals surface area contributed by atoms with Crippen molar-refractivity contribution in [1.82, 2.24) is 15.3 Å². The van der Waals surface area contributed by atoms with Crippen molar-refractivity contribution in [1.29, 1.82) is 0 Å². The molecule has 1 unspecified atom stereocenters. The van der Waals surface area contributed by atoms with Crippen molar-refractivity contribution in [2.45, 2.75) is 49.3 Å². The number of amides is 2. The number of nitrogens with two attached hydrogens (primary N) is 1. The summed E-state index contributed by atoms with van der Waals surface area (Å²) in [6, 6.07) is 7.75. The van der Waals surface area contributed by atoms with Gasteiger partial charge in [-0.25, -0.2) is 18.7 Å². The summed E-state index contributed by atoms with van der Waals surface area (Å²) < 4.78 is 78.7. The minimum atomic E-state index is -5.39. The molecule has 4 N–H and O–H groups in total. The van der Waals surface area contributed by atoms with Crippen LogP contribution in [0.4, 0.5) is 22.0 Å². The van der Waals surface area contributed by atoms with Crippen LogP contribution in [0.3, 0.4) is 0 Å². The summed E-state index contributed by atoms with van der Waals surface area (Å²) in [7, 11) is 0. The molecule has 0 radical (unpaired) electrons. The molecule has 6 rings (SSSR count). The first-order chi connectivity index (χ1) is 20.8. The fraction of sp³-hybridized carbons (Fsp3) is 0.333. The molecule has 2 atom stereocenters. The lowest BCUT2D eigenvalue weighted by molar-refractivity contribution is -0.265. The van der Waals surface area contributed by atoms with Crippen molar-refractivity contribution in [3.8, 4) is 17.0 Å². The Morgan fingerprint density at radius 2 is 1.84 bits per heavy atom. The Balaban J connectivity index is 1.41. The van der Waals surface area contributed by atoms with Gasteiger partial charge in [0.05, 0.1) is 21.9 Å². The number of ether oxygens (including phenoxy) is 1. The average molecular weight is 633 g/mol.